The largest absolute Gasteiger partial charge is 0.354 e. The molecule has 3 N–H and O–H groups in total. The smallest absolute Gasteiger partial charge is 0.237 e. The van der Waals surface area contributed by atoms with Gasteiger partial charge in [-0.1, -0.05) is 54.1 Å². The molecule has 0 saturated carbocycles. The molecule has 110 valence electrons. The number of carbonyl (C=O) groups excluding carboxylic acids is 1. The van der Waals surface area contributed by atoms with Gasteiger partial charge < -0.3 is 11.1 Å². The Morgan fingerprint density at radius 3 is 2.38 bits per heavy atom. The molecule has 0 saturated heterocycles. The molecule has 21 heavy (non-hydrogen) atoms. The van der Waals surface area contributed by atoms with Crippen LogP contribution in [0.25, 0.3) is 0 Å². The standard InChI is InChI=1S/C17H19ClN2O/c18-15-8-6-13(7-9-15)10-11-20-17(21)16(19)12-14-4-2-1-3-5-14/h1-9,16H,10-12,19H2,(H,20,21). The molecule has 4 heteroatoms. The summed E-state index contributed by atoms with van der Waals surface area (Å²) in [5, 5.41) is 3.58. The van der Waals surface area contributed by atoms with E-state index in [1.807, 2.05) is 54.6 Å². The Morgan fingerprint density at radius 1 is 1.05 bits per heavy atom. The van der Waals surface area contributed by atoms with Crippen LogP contribution in [0, 0.1) is 0 Å². The first-order chi connectivity index (χ1) is 10.1. The van der Waals surface area contributed by atoms with Gasteiger partial charge in [-0.05, 0) is 36.1 Å². The molecule has 0 heterocycles. The van der Waals surface area contributed by atoms with Gasteiger partial charge in [0.2, 0.25) is 5.91 Å². The van der Waals surface area contributed by atoms with Crippen molar-refractivity contribution in [1.29, 1.82) is 0 Å². The second-order valence-corrected chi connectivity index (χ2v) is 5.40. The average molecular weight is 303 g/mol. The number of benzene rings is 2. The van der Waals surface area contributed by atoms with Crippen molar-refractivity contribution in [3.63, 3.8) is 0 Å². The highest BCUT2D eigenvalue weighted by Crippen LogP contribution is 2.09. The summed E-state index contributed by atoms with van der Waals surface area (Å²) in [6.07, 6.45) is 1.31. The lowest BCUT2D eigenvalue weighted by Gasteiger charge is -2.12. The molecule has 0 bridgehead atoms. The number of hydrogen-bond donors (Lipinski definition) is 2. The van der Waals surface area contributed by atoms with E-state index in [0.717, 1.165) is 17.5 Å². The van der Waals surface area contributed by atoms with Crippen LogP contribution in [0.4, 0.5) is 0 Å². The second-order valence-electron chi connectivity index (χ2n) is 4.96. The van der Waals surface area contributed by atoms with Crippen molar-refractivity contribution in [2.24, 2.45) is 5.73 Å². The zero-order valence-corrected chi connectivity index (χ0v) is 12.5. The molecule has 0 fully saturated rings. The SMILES string of the molecule is NC(Cc1ccccc1)C(=O)NCCc1ccc(Cl)cc1. The van der Waals surface area contributed by atoms with E-state index in [0.29, 0.717) is 18.0 Å². The molecule has 0 aliphatic heterocycles. The molecule has 0 aliphatic rings. The number of carbonyl (C=O) groups is 1. The third-order valence-corrected chi connectivity index (χ3v) is 3.51. The van der Waals surface area contributed by atoms with Crippen molar-refractivity contribution in [3.05, 3.63) is 70.7 Å². The number of rotatable bonds is 6. The Morgan fingerprint density at radius 2 is 1.71 bits per heavy atom. The van der Waals surface area contributed by atoms with E-state index < -0.39 is 6.04 Å². The molecule has 0 aliphatic carbocycles. The maximum atomic E-state index is 11.9. The van der Waals surface area contributed by atoms with Crippen LogP contribution < -0.4 is 11.1 Å². The number of halogens is 1. The minimum Gasteiger partial charge on any atom is -0.354 e. The molecule has 0 radical (unpaired) electrons. The molecular formula is C17H19ClN2O. The predicted octanol–water partition coefficient (Wildman–Crippen LogP) is 2.57. The molecular weight excluding hydrogens is 284 g/mol. The minimum absolute atomic E-state index is 0.118. The summed E-state index contributed by atoms with van der Waals surface area (Å²) < 4.78 is 0. The van der Waals surface area contributed by atoms with Crippen LogP contribution in [-0.4, -0.2) is 18.5 Å². The van der Waals surface area contributed by atoms with E-state index in [-0.39, 0.29) is 5.91 Å². The Hall–Kier alpha value is -1.84. The summed E-state index contributed by atoms with van der Waals surface area (Å²) >= 11 is 5.83. The highest BCUT2D eigenvalue weighted by atomic mass is 35.5. The van der Waals surface area contributed by atoms with Crippen LogP contribution in [-0.2, 0) is 17.6 Å². The zero-order chi connectivity index (χ0) is 15.1. The maximum Gasteiger partial charge on any atom is 0.237 e. The van der Waals surface area contributed by atoms with Crippen LogP contribution in [0.5, 0.6) is 0 Å². The van der Waals surface area contributed by atoms with E-state index in [4.69, 9.17) is 17.3 Å². The summed E-state index contributed by atoms with van der Waals surface area (Å²) in [6, 6.07) is 16.9. The van der Waals surface area contributed by atoms with Crippen molar-refractivity contribution in [1.82, 2.24) is 5.32 Å². The summed E-state index contributed by atoms with van der Waals surface area (Å²) in [7, 11) is 0. The van der Waals surface area contributed by atoms with E-state index in [9.17, 15) is 4.79 Å². The minimum atomic E-state index is -0.516. The molecule has 1 atom stereocenters. The summed E-state index contributed by atoms with van der Waals surface area (Å²) in [6.45, 7) is 0.572. The van der Waals surface area contributed by atoms with Crippen LogP contribution in [0.3, 0.4) is 0 Å². The average Bonchev–Trinajstić information content (AvgIpc) is 2.50. The lowest BCUT2D eigenvalue weighted by Crippen LogP contribution is -2.42. The third-order valence-electron chi connectivity index (χ3n) is 3.26. The van der Waals surface area contributed by atoms with Crippen LogP contribution in [0.15, 0.2) is 54.6 Å². The normalized spacial score (nSPS) is 11.9. The van der Waals surface area contributed by atoms with Crippen LogP contribution in [0.2, 0.25) is 5.02 Å². The summed E-state index contributed by atoms with van der Waals surface area (Å²) in [5.41, 5.74) is 8.12. The van der Waals surface area contributed by atoms with Crippen molar-refractivity contribution in [2.45, 2.75) is 18.9 Å². The van der Waals surface area contributed by atoms with Crippen LogP contribution in [0.1, 0.15) is 11.1 Å². The highest BCUT2D eigenvalue weighted by Gasteiger charge is 2.13. The van der Waals surface area contributed by atoms with Gasteiger partial charge in [0.05, 0.1) is 6.04 Å². The van der Waals surface area contributed by atoms with Crippen LogP contribution >= 0.6 is 11.6 Å². The van der Waals surface area contributed by atoms with Crippen molar-refractivity contribution >= 4 is 17.5 Å². The van der Waals surface area contributed by atoms with Crippen molar-refractivity contribution < 1.29 is 4.79 Å². The van der Waals surface area contributed by atoms with E-state index in [2.05, 4.69) is 5.32 Å². The van der Waals surface area contributed by atoms with Gasteiger partial charge in [0, 0.05) is 11.6 Å². The van der Waals surface area contributed by atoms with E-state index in [1.165, 1.54) is 0 Å². The fraction of sp³-hybridized carbons (Fsp3) is 0.235. The van der Waals surface area contributed by atoms with Gasteiger partial charge in [-0.2, -0.15) is 0 Å². The van der Waals surface area contributed by atoms with Gasteiger partial charge in [0.1, 0.15) is 0 Å². The molecule has 3 nitrogen and oxygen atoms in total. The summed E-state index contributed by atoms with van der Waals surface area (Å²) in [4.78, 5) is 11.9. The van der Waals surface area contributed by atoms with Gasteiger partial charge in [0.25, 0.3) is 0 Å². The number of nitrogens with one attached hydrogen (secondary N) is 1. The number of nitrogens with two attached hydrogens (primary N) is 1. The first kappa shape index (κ1) is 15.5. The second kappa shape index (κ2) is 7.81. The molecule has 1 unspecified atom stereocenters. The van der Waals surface area contributed by atoms with Gasteiger partial charge >= 0.3 is 0 Å². The first-order valence-electron chi connectivity index (χ1n) is 6.97. The lowest BCUT2D eigenvalue weighted by molar-refractivity contribution is -0.122. The predicted molar refractivity (Wildman–Crippen MR) is 86.3 cm³/mol. The monoisotopic (exact) mass is 302 g/mol. The Labute approximate surface area is 130 Å². The maximum absolute atomic E-state index is 11.9. The zero-order valence-electron chi connectivity index (χ0n) is 11.8. The van der Waals surface area contributed by atoms with Gasteiger partial charge in [-0.3, -0.25) is 4.79 Å². The third kappa shape index (κ3) is 5.21. The Bertz CT molecular complexity index is 569. The summed E-state index contributed by atoms with van der Waals surface area (Å²) in [5.74, 6) is -0.118. The molecule has 2 aromatic carbocycles. The van der Waals surface area contributed by atoms with Gasteiger partial charge in [-0.25, -0.2) is 0 Å². The number of amides is 1. The van der Waals surface area contributed by atoms with Gasteiger partial charge in [-0.15, -0.1) is 0 Å². The lowest BCUT2D eigenvalue weighted by atomic mass is 10.1. The Kier molecular flexibility index (Phi) is 5.78. The molecule has 2 aromatic rings. The highest BCUT2D eigenvalue weighted by molar-refractivity contribution is 6.30. The van der Waals surface area contributed by atoms with Crippen molar-refractivity contribution in [3.8, 4) is 0 Å². The molecule has 2 rings (SSSR count). The molecule has 0 spiro atoms. The first-order valence-corrected chi connectivity index (χ1v) is 7.34. The topological polar surface area (TPSA) is 55.1 Å². The van der Waals surface area contributed by atoms with E-state index in [1.54, 1.807) is 0 Å². The molecule has 0 aromatic heterocycles. The fourth-order valence-electron chi connectivity index (χ4n) is 2.07. The Balaban J connectivity index is 1.75. The van der Waals surface area contributed by atoms with Crippen molar-refractivity contribution in [2.75, 3.05) is 6.54 Å². The fourth-order valence-corrected chi connectivity index (χ4v) is 2.20. The number of hydrogen-bond acceptors (Lipinski definition) is 2. The van der Waals surface area contributed by atoms with E-state index >= 15 is 0 Å². The molecule has 1 amide bonds. The van der Waals surface area contributed by atoms with Gasteiger partial charge in [0.15, 0.2) is 0 Å². The quantitative estimate of drug-likeness (QED) is 0.861.